The van der Waals surface area contributed by atoms with Crippen molar-refractivity contribution in [1.82, 2.24) is 14.8 Å². The van der Waals surface area contributed by atoms with Gasteiger partial charge in [0.05, 0.1) is 18.0 Å². The van der Waals surface area contributed by atoms with Crippen molar-refractivity contribution in [3.05, 3.63) is 89.1 Å². The molecule has 178 valence electrons. The summed E-state index contributed by atoms with van der Waals surface area (Å²) in [7, 11) is 0. The molecule has 0 spiro atoms. The van der Waals surface area contributed by atoms with Crippen molar-refractivity contribution in [3.63, 3.8) is 0 Å². The smallest absolute Gasteiger partial charge is 0.388 e. The van der Waals surface area contributed by atoms with Gasteiger partial charge in [-0.05, 0) is 37.3 Å². The second kappa shape index (κ2) is 10.9. The highest BCUT2D eigenvalue weighted by Gasteiger charge is 2.16. The molecule has 0 saturated heterocycles. The zero-order chi connectivity index (χ0) is 24.8. The number of benzene rings is 2. The number of pyridine rings is 1. The third-order valence-electron chi connectivity index (χ3n) is 4.74. The summed E-state index contributed by atoms with van der Waals surface area (Å²) in [5.74, 6) is -0.372. The number of nitrogens with zero attached hydrogens (tertiary/aromatic N) is 4. The summed E-state index contributed by atoms with van der Waals surface area (Å²) in [6.45, 7) is -1.04. The summed E-state index contributed by atoms with van der Waals surface area (Å²) in [6, 6.07) is 20.4. The molecule has 0 aliphatic rings. The van der Waals surface area contributed by atoms with E-state index in [4.69, 9.17) is 16.3 Å². The molecule has 4 rings (SSSR count). The molecule has 0 radical (unpaired) electrons. The lowest BCUT2D eigenvalue weighted by Crippen LogP contribution is -2.06. The van der Waals surface area contributed by atoms with Gasteiger partial charge in [-0.3, -0.25) is 0 Å². The van der Waals surface area contributed by atoms with Crippen LogP contribution in [0, 0.1) is 0 Å². The van der Waals surface area contributed by atoms with Gasteiger partial charge in [0.25, 0.3) is 0 Å². The van der Waals surface area contributed by atoms with Crippen LogP contribution in [0.2, 0.25) is 5.02 Å². The number of carbonyl (C=O) groups is 1. The van der Waals surface area contributed by atoms with Crippen LogP contribution in [0.25, 0.3) is 16.9 Å². The molecule has 0 fully saturated rings. The molecule has 0 atom stereocenters. The van der Waals surface area contributed by atoms with Gasteiger partial charge in [0.2, 0.25) is 5.88 Å². The van der Waals surface area contributed by atoms with E-state index < -0.39 is 12.6 Å². The summed E-state index contributed by atoms with van der Waals surface area (Å²) in [4.78, 5) is 20.8. The highest BCUT2D eigenvalue weighted by Crippen LogP contribution is 2.26. The van der Waals surface area contributed by atoms with Crippen LogP contribution < -0.4 is 4.74 Å². The molecule has 0 aliphatic carbocycles. The Balaban J connectivity index is 1.69. The maximum Gasteiger partial charge on any atom is 0.388 e. The molecule has 2 aromatic carbocycles. The van der Waals surface area contributed by atoms with E-state index in [9.17, 15) is 13.6 Å². The quantitative estimate of drug-likeness (QED) is 0.217. The predicted octanol–water partition coefficient (Wildman–Crippen LogP) is 6.12. The summed E-state index contributed by atoms with van der Waals surface area (Å²) in [6.07, 6.45) is 1.52. The third-order valence-corrected chi connectivity index (χ3v) is 5.08. The Morgan fingerprint density at radius 1 is 1.11 bits per heavy atom. The Labute approximate surface area is 204 Å². The number of aromatic nitrogens is 3. The van der Waals surface area contributed by atoms with Crippen molar-refractivity contribution in [3.8, 4) is 22.8 Å². The molecule has 2 aromatic heterocycles. The average molecular weight is 497 g/mol. The highest BCUT2D eigenvalue weighted by molar-refractivity contribution is 6.33. The summed E-state index contributed by atoms with van der Waals surface area (Å²) >= 11 is 6.37. The Morgan fingerprint density at radius 2 is 1.91 bits per heavy atom. The molecule has 0 aliphatic heterocycles. The fourth-order valence-electron chi connectivity index (χ4n) is 3.20. The van der Waals surface area contributed by atoms with Gasteiger partial charge in [0.1, 0.15) is 0 Å². The van der Waals surface area contributed by atoms with Crippen molar-refractivity contribution < 1.29 is 23.0 Å². The monoisotopic (exact) mass is 496 g/mol. The van der Waals surface area contributed by atoms with Gasteiger partial charge >= 0.3 is 12.6 Å². The minimum absolute atomic E-state index is 0.114. The minimum atomic E-state index is -2.97. The summed E-state index contributed by atoms with van der Waals surface area (Å²) in [5, 5.41) is 4.75. The van der Waals surface area contributed by atoms with E-state index in [2.05, 4.69) is 19.8 Å². The van der Waals surface area contributed by atoms with E-state index in [0.717, 1.165) is 0 Å². The van der Waals surface area contributed by atoms with Gasteiger partial charge in [0, 0.05) is 34.5 Å². The largest absolute Gasteiger partial charge is 0.461 e. The second-order valence-electron chi connectivity index (χ2n) is 7.09. The van der Waals surface area contributed by atoms with E-state index in [1.165, 1.54) is 23.0 Å². The normalized spacial score (nSPS) is 11.2. The first-order valence-corrected chi connectivity index (χ1v) is 10.9. The fourth-order valence-corrected chi connectivity index (χ4v) is 3.36. The van der Waals surface area contributed by atoms with Crippen molar-refractivity contribution in [1.29, 1.82) is 0 Å². The number of hydrogen-bond acceptors (Lipinski definition) is 6. The van der Waals surface area contributed by atoms with E-state index in [-0.39, 0.29) is 18.2 Å². The standard InChI is InChI=1S/C25H19ClF2N4O3/c1-2-34-24(33)21-14-22(32(31-21)18-7-4-3-5-8-18)29-15-17-13-16(11-12-19(17)26)20-9-6-10-23(30-20)35-25(27)28/h3-15,25H,2H2,1H3. The van der Waals surface area contributed by atoms with Crippen LogP contribution in [0.4, 0.5) is 14.6 Å². The van der Waals surface area contributed by atoms with Crippen LogP contribution >= 0.6 is 11.6 Å². The molecule has 0 amide bonds. The summed E-state index contributed by atoms with van der Waals surface area (Å²) < 4.78 is 36.1. The number of ether oxygens (including phenoxy) is 2. The number of esters is 1. The Morgan fingerprint density at radius 3 is 2.66 bits per heavy atom. The lowest BCUT2D eigenvalue weighted by molar-refractivity contribution is -0.0527. The molecule has 0 unspecified atom stereocenters. The number of hydrogen-bond donors (Lipinski definition) is 0. The molecule has 2 heterocycles. The SMILES string of the molecule is CCOC(=O)c1cc(N=Cc2cc(-c3cccc(OC(F)F)n3)ccc2Cl)n(-c2ccccc2)n1. The van der Waals surface area contributed by atoms with Gasteiger partial charge in [-0.15, -0.1) is 0 Å². The molecule has 10 heteroatoms. The first-order chi connectivity index (χ1) is 16.9. The van der Waals surface area contributed by atoms with Gasteiger partial charge in [-0.2, -0.15) is 13.9 Å². The summed E-state index contributed by atoms with van der Waals surface area (Å²) in [5.41, 5.74) is 2.41. The predicted molar refractivity (Wildman–Crippen MR) is 128 cm³/mol. The van der Waals surface area contributed by atoms with Gasteiger partial charge in [-0.1, -0.05) is 41.9 Å². The van der Waals surface area contributed by atoms with E-state index in [0.29, 0.717) is 33.3 Å². The van der Waals surface area contributed by atoms with Crippen LogP contribution in [-0.2, 0) is 4.74 Å². The molecule has 4 aromatic rings. The molecular formula is C25H19ClF2N4O3. The number of alkyl halides is 2. The van der Waals surface area contributed by atoms with E-state index in [1.54, 1.807) is 37.3 Å². The number of carbonyl (C=O) groups excluding carboxylic acids is 1. The van der Waals surface area contributed by atoms with Crippen molar-refractivity contribution in [2.45, 2.75) is 13.5 Å². The van der Waals surface area contributed by atoms with Crippen molar-refractivity contribution in [2.75, 3.05) is 6.61 Å². The highest BCUT2D eigenvalue weighted by atomic mass is 35.5. The van der Waals surface area contributed by atoms with E-state index >= 15 is 0 Å². The Bertz CT molecular complexity index is 1360. The Kier molecular flexibility index (Phi) is 7.47. The maximum absolute atomic E-state index is 12.6. The third kappa shape index (κ3) is 5.88. The van der Waals surface area contributed by atoms with Crippen molar-refractivity contribution in [2.24, 2.45) is 4.99 Å². The zero-order valence-corrected chi connectivity index (χ0v) is 19.2. The number of halogens is 3. The van der Waals surface area contributed by atoms with Crippen LogP contribution in [0.5, 0.6) is 5.88 Å². The molecule has 0 N–H and O–H groups in total. The minimum Gasteiger partial charge on any atom is -0.461 e. The lowest BCUT2D eigenvalue weighted by Gasteiger charge is -2.07. The van der Waals surface area contributed by atoms with Gasteiger partial charge in [0.15, 0.2) is 11.5 Å². The zero-order valence-electron chi connectivity index (χ0n) is 18.4. The van der Waals surface area contributed by atoms with Crippen molar-refractivity contribution >= 4 is 29.6 Å². The molecule has 0 bridgehead atoms. The van der Waals surface area contributed by atoms with Crippen LogP contribution in [0.15, 0.2) is 77.8 Å². The molecule has 7 nitrogen and oxygen atoms in total. The molecular weight excluding hydrogens is 478 g/mol. The van der Waals surface area contributed by atoms with Crippen LogP contribution in [0.1, 0.15) is 23.0 Å². The number of para-hydroxylation sites is 1. The first kappa shape index (κ1) is 24.0. The van der Waals surface area contributed by atoms with Gasteiger partial charge < -0.3 is 9.47 Å². The molecule has 35 heavy (non-hydrogen) atoms. The topological polar surface area (TPSA) is 78.6 Å². The number of rotatable bonds is 8. The Hall–Kier alpha value is -4.11. The second-order valence-corrected chi connectivity index (χ2v) is 7.50. The first-order valence-electron chi connectivity index (χ1n) is 10.5. The molecule has 0 saturated carbocycles. The fraction of sp³-hybridized carbons (Fsp3) is 0.120. The van der Waals surface area contributed by atoms with Crippen LogP contribution in [0.3, 0.4) is 0 Å². The lowest BCUT2D eigenvalue weighted by atomic mass is 10.1. The van der Waals surface area contributed by atoms with Crippen LogP contribution in [-0.4, -0.2) is 40.2 Å². The average Bonchev–Trinajstić information content (AvgIpc) is 3.28. The number of aliphatic imine (C=N–C) groups is 1. The van der Waals surface area contributed by atoms with Gasteiger partial charge in [-0.25, -0.2) is 19.5 Å². The maximum atomic E-state index is 12.6. The van der Waals surface area contributed by atoms with E-state index in [1.807, 2.05) is 30.3 Å².